The molecule has 7 rings (SSSR count). The van der Waals surface area contributed by atoms with Crippen molar-refractivity contribution < 1.29 is 19.4 Å². The third-order valence-electron chi connectivity index (χ3n) is 8.87. The Balaban J connectivity index is 1.51. The van der Waals surface area contributed by atoms with Gasteiger partial charge in [-0.15, -0.1) is 0 Å². The minimum absolute atomic E-state index is 0.413. The molecule has 0 fully saturated rings. The Labute approximate surface area is 279 Å². The second-order valence-corrected chi connectivity index (χ2v) is 13.8. The Kier molecular flexibility index (Phi) is 8.18. The summed E-state index contributed by atoms with van der Waals surface area (Å²) in [5, 5.41) is 16.1. The molecule has 0 radical (unpaired) electrons. The summed E-state index contributed by atoms with van der Waals surface area (Å²) in [5.41, 5.74) is 8.02. The maximum absolute atomic E-state index is 12.9. The van der Waals surface area contributed by atoms with Crippen molar-refractivity contribution in [3.63, 3.8) is 0 Å². The molecule has 242 valence electrons. The largest absolute Gasteiger partial charge is 0.490 e. The molecule has 0 unspecified atom stereocenters. The molecule has 1 atom stereocenters. The molecule has 0 spiro atoms. The van der Waals surface area contributed by atoms with Crippen LogP contribution in [0.15, 0.2) is 66.7 Å². The molecule has 2 aromatic heterocycles. The molecule has 0 saturated carbocycles. The van der Waals surface area contributed by atoms with Crippen LogP contribution in [-0.4, -0.2) is 51.0 Å². The van der Waals surface area contributed by atoms with Crippen molar-refractivity contribution in [2.75, 3.05) is 24.6 Å². The number of benzene rings is 3. The molecule has 4 heterocycles. The number of anilines is 1. The summed E-state index contributed by atoms with van der Waals surface area (Å²) in [6.45, 7) is 9.47. The number of carboxylic acid groups (broad SMARTS) is 1. The summed E-state index contributed by atoms with van der Waals surface area (Å²) in [6, 6.07) is 22.9. The van der Waals surface area contributed by atoms with Crippen LogP contribution in [0.5, 0.6) is 5.75 Å². The molecule has 3 aromatic carbocycles. The maximum Gasteiger partial charge on any atom is 0.337 e. The molecular weight excluding hydrogens is 612 g/mol. The number of carboxylic acids is 1. The van der Waals surface area contributed by atoms with Crippen molar-refractivity contribution in [2.24, 2.45) is 0 Å². The Morgan fingerprint density at radius 1 is 0.979 bits per heavy atom. The average Bonchev–Trinajstić information content (AvgIpc) is 3.46. The van der Waals surface area contributed by atoms with Gasteiger partial charge in [0, 0.05) is 35.0 Å². The number of aryl methyl sites for hydroxylation is 2. The quantitative estimate of drug-likeness (QED) is 0.209. The molecule has 0 saturated heterocycles. The van der Waals surface area contributed by atoms with Gasteiger partial charge in [-0.2, -0.15) is 5.10 Å². The Bertz CT molecular complexity index is 2000. The van der Waals surface area contributed by atoms with E-state index in [1.165, 1.54) is 5.56 Å². The highest BCUT2D eigenvalue weighted by Crippen LogP contribution is 2.47. The molecule has 0 aliphatic carbocycles. The van der Waals surface area contributed by atoms with Gasteiger partial charge in [0.05, 0.1) is 34.2 Å². The van der Waals surface area contributed by atoms with E-state index in [-0.39, 0.29) is 0 Å². The van der Waals surface area contributed by atoms with Crippen LogP contribution in [0.2, 0.25) is 5.02 Å². The van der Waals surface area contributed by atoms with Crippen LogP contribution < -0.4 is 9.64 Å². The number of hydrogen-bond acceptors (Lipinski definition) is 6. The van der Waals surface area contributed by atoms with Crippen molar-refractivity contribution in [2.45, 2.75) is 65.1 Å². The fraction of sp³-hybridized carbons (Fsp3) is 0.342. The van der Waals surface area contributed by atoms with Crippen LogP contribution in [0, 0.1) is 6.92 Å². The number of aromatic nitrogens is 3. The van der Waals surface area contributed by atoms with Crippen molar-refractivity contribution in [3.8, 4) is 39.4 Å². The number of halogens is 1. The molecule has 1 N–H and O–H groups in total. The summed E-state index contributed by atoms with van der Waals surface area (Å²) in [4.78, 5) is 20.1. The van der Waals surface area contributed by atoms with Gasteiger partial charge in [-0.25, -0.2) is 14.3 Å². The maximum atomic E-state index is 12.9. The lowest BCUT2D eigenvalue weighted by atomic mass is 9.97. The lowest BCUT2D eigenvalue weighted by Crippen LogP contribution is -2.34. The highest BCUT2D eigenvalue weighted by Gasteiger charge is 2.35. The highest BCUT2D eigenvalue weighted by molar-refractivity contribution is 6.36. The standard InChI is InChI=1S/C38H39ClN4O4/c1-23-32(36(37(44)45)47-38(2,3)4)34-28-15-16-30-35(33(28)39)42(18-19-46-30)17-7-5-6-10-24-11-8-12-25(20-24)26-13-9-14-27(21-26)29-22-31(40-23)43(34)41-29/h8-9,11-16,20-22,36H,5-7,10,17-19H2,1-4H3,(H,44,45)/t36-/m0/s1. The Morgan fingerprint density at radius 3 is 2.53 bits per heavy atom. The second-order valence-electron chi connectivity index (χ2n) is 13.4. The number of rotatable bonds is 3. The van der Waals surface area contributed by atoms with Gasteiger partial charge in [-0.1, -0.05) is 60.5 Å². The Hall–Kier alpha value is -4.40. The number of aliphatic carboxylic acids is 1. The fourth-order valence-corrected chi connectivity index (χ4v) is 7.11. The van der Waals surface area contributed by atoms with Gasteiger partial charge in [0.2, 0.25) is 0 Å². The molecule has 5 aromatic rings. The molecule has 8 nitrogen and oxygen atoms in total. The minimum Gasteiger partial charge on any atom is -0.490 e. The molecule has 2 aliphatic rings. The van der Waals surface area contributed by atoms with Gasteiger partial charge in [-0.3, -0.25) is 0 Å². The molecule has 8 bridgehead atoms. The first-order chi connectivity index (χ1) is 22.6. The van der Waals surface area contributed by atoms with E-state index in [0.717, 1.165) is 60.4 Å². The zero-order valence-electron chi connectivity index (χ0n) is 27.2. The molecule has 0 amide bonds. The molecule has 47 heavy (non-hydrogen) atoms. The van der Waals surface area contributed by atoms with E-state index in [1.807, 2.05) is 58.0 Å². The van der Waals surface area contributed by atoms with Gasteiger partial charge < -0.3 is 19.5 Å². The van der Waals surface area contributed by atoms with Crippen LogP contribution in [-0.2, 0) is 16.0 Å². The fourth-order valence-electron chi connectivity index (χ4n) is 6.75. The third kappa shape index (κ3) is 6.08. The Morgan fingerprint density at radius 2 is 1.74 bits per heavy atom. The van der Waals surface area contributed by atoms with Crippen molar-refractivity contribution in [1.82, 2.24) is 14.6 Å². The van der Waals surface area contributed by atoms with E-state index < -0.39 is 17.7 Å². The summed E-state index contributed by atoms with van der Waals surface area (Å²) < 4.78 is 14.0. The minimum atomic E-state index is -1.31. The van der Waals surface area contributed by atoms with Crippen LogP contribution in [0.4, 0.5) is 5.69 Å². The number of nitrogens with zero attached hydrogens (tertiary/aromatic N) is 4. The molecule has 2 aliphatic heterocycles. The summed E-state index contributed by atoms with van der Waals surface area (Å²) in [6.07, 6.45) is 2.88. The van der Waals surface area contributed by atoms with E-state index in [4.69, 9.17) is 31.2 Å². The lowest BCUT2D eigenvalue weighted by molar-refractivity contribution is -0.160. The van der Waals surface area contributed by atoms with Gasteiger partial charge in [0.25, 0.3) is 0 Å². The van der Waals surface area contributed by atoms with Gasteiger partial charge in [0.15, 0.2) is 11.8 Å². The van der Waals surface area contributed by atoms with Crippen molar-refractivity contribution >= 4 is 28.9 Å². The van der Waals surface area contributed by atoms with Gasteiger partial charge in [0.1, 0.15) is 12.4 Å². The topological polar surface area (TPSA) is 89.2 Å². The lowest BCUT2D eigenvalue weighted by Gasteiger charge is -2.33. The second kappa shape index (κ2) is 12.3. The van der Waals surface area contributed by atoms with E-state index >= 15 is 0 Å². The third-order valence-corrected chi connectivity index (χ3v) is 9.25. The van der Waals surface area contributed by atoms with Crippen molar-refractivity contribution in [3.05, 3.63) is 88.6 Å². The van der Waals surface area contributed by atoms with E-state index in [2.05, 4.69) is 41.3 Å². The monoisotopic (exact) mass is 650 g/mol. The number of hydrogen-bond donors (Lipinski definition) is 1. The van der Waals surface area contributed by atoms with Crippen molar-refractivity contribution in [1.29, 1.82) is 0 Å². The molecule has 9 heteroatoms. The predicted octanol–water partition coefficient (Wildman–Crippen LogP) is 8.56. The van der Waals surface area contributed by atoms with Gasteiger partial charge >= 0.3 is 5.97 Å². The molecular formula is C38H39ClN4O4. The van der Waals surface area contributed by atoms with Crippen LogP contribution in [0.25, 0.3) is 39.3 Å². The first kappa shape index (κ1) is 31.2. The average molecular weight is 651 g/mol. The normalized spacial score (nSPS) is 15.5. The highest BCUT2D eigenvalue weighted by atomic mass is 35.5. The summed E-state index contributed by atoms with van der Waals surface area (Å²) in [7, 11) is 0. The summed E-state index contributed by atoms with van der Waals surface area (Å²) in [5.74, 6) is -0.396. The summed E-state index contributed by atoms with van der Waals surface area (Å²) >= 11 is 7.38. The van der Waals surface area contributed by atoms with E-state index in [0.29, 0.717) is 52.0 Å². The zero-order valence-corrected chi connectivity index (χ0v) is 28.0. The number of fused-ring (bicyclic) bond motifs is 9. The van der Waals surface area contributed by atoms with E-state index in [1.54, 1.807) is 4.52 Å². The predicted molar refractivity (Wildman–Crippen MR) is 186 cm³/mol. The SMILES string of the molecule is Cc1nc2cc3nn2c(c1[C@H](OC(C)(C)C)C(=O)O)-c1ccc2c(c1Cl)N(CCCCCc1cccc(c1)-c1cccc-3c1)CCO2. The van der Waals surface area contributed by atoms with Crippen LogP contribution in [0.3, 0.4) is 0 Å². The van der Waals surface area contributed by atoms with Crippen LogP contribution in [0.1, 0.15) is 63.0 Å². The number of carbonyl (C=O) groups is 1. The number of ether oxygens (including phenoxy) is 2. The first-order valence-electron chi connectivity index (χ1n) is 16.3. The van der Waals surface area contributed by atoms with E-state index in [9.17, 15) is 9.90 Å². The first-order valence-corrected chi connectivity index (χ1v) is 16.7. The van der Waals surface area contributed by atoms with Crippen LogP contribution >= 0.6 is 11.6 Å². The zero-order chi connectivity index (χ0) is 32.9. The smallest absolute Gasteiger partial charge is 0.337 e. The van der Waals surface area contributed by atoms with Gasteiger partial charge in [-0.05, 0) is 81.8 Å².